The van der Waals surface area contributed by atoms with Crippen molar-refractivity contribution in [3.63, 3.8) is 0 Å². The Morgan fingerprint density at radius 1 is 1.60 bits per heavy atom. The zero-order valence-corrected chi connectivity index (χ0v) is 9.06. The van der Waals surface area contributed by atoms with Crippen LogP contribution in [0.3, 0.4) is 0 Å². The molecule has 0 saturated carbocycles. The van der Waals surface area contributed by atoms with Gasteiger partial charge in [0, 0.05) is 11.8 Å². The van der Waals surface area contributed by atoms with E-state index in [2.05, 4.69) is 15.3 Å². The minimum atomic E-state index is -0.445. The number of nitrogens with two attached hydrogens (primary N) is 1. The zero-order valence-electron chi connectivity index (χ0n) is 8.24. The molecule has 3 N–H and O–H groups in total. The molecule has 1 unspecified atom stereocenters. The van der Waals surface area contributed by atoms with Gasteiger partial charge in [0.2, 0.25) is 5.95 Å². The van der Waals surface area contributed by atoms with Crippen molar-refractivity contribution in [2.45, 2.75) is 18.9 Å². The Morgan fingerprint density at radius 2 is 2.47 bits per heavy atom. The summed E-state index contributed by atoms with van der Waals surface area (Å²) in [7, 11) is 0. The molecule has 0 amide bonds. The average molecular weight is 228 g/mol. The van der Waals surface area contributed by atoms with Gasteiger partial charge >= 0.3 is 0 Å². The standard InChI is InChI=1S/C9H13FN4S/c10-7-4-12-9(11)14-8(7)13-6-2-1-3-15-5-6/h4,6H,1-3,5H2,(H3,11,12,13,14). The van der Waals surface area contributed by atoms with Gasteiger partial charge in [-0.1, -0.05) is 0 Å². The van der Waals surface area contributed by atoms with Crippen LogP contribution in [-0.2, 0) is 0 Å². The van der Waals surface area contributed by atoms with Crippen LogP contribution in [0.25, 0.3) is 0 Å². The summed E-state index contributed by atoms with van der Waals surface area (Å²) < 4.78 is 13.3. The predicted octanol–water partition coefficient (Wildman–Crippen LogP) is 1.51. The Labute approximate surface area is 91.9 Å². The van der Waals surface area contributed by atoms with Gasteiger partial charge in [-0.25, -0.2) is 9.37 Å². The summed E-state index contributed by atoms with van der Waals surface area (Å²) in [6.45, 7) is 0. The van der Waals surface area contributed by atoms with E-state index in [1.54, 1.807) is 0 Å². The van der Waals surface area contributed by atoms with Gasteiger partial charge in [-0.15, -0.1) is 0 Å². The molecule has 0 aromatic carbocycles. The summed E-state index contributed by atoms with van der Waals surface area (Å²) in [6.07, 6.45) is 3.31. The highest BCUT2D eigenvalue weighted by molar-refractivity contribution is 7.99. The van der Waals surface area contributed by atoms with E-state index < -0.39 is 5.82 Å². The second-order valence-electron chi connectivity index (χ2n) is 3.48. The molecule has 0 spiro atoms. The molecule has 1 aliphatic rings. The Hall–Kier alpha value is -1.04. The molecule has 0 bridgehead atoms. The molecular formula is C9H13FN4S. The fourth-order valence-electron chi connectivity index (χ4n) is 1.53. The van der Waals surface area contributed by atoms with Crippen LogP contribution in [0.4, 0.5) is 16.2 Å². The SMILES string of the molecule is Nc1ncc(F)c(NC2CCCSC2)n1. The van der Waals surface area contributed by atoms with Gasteiger partial charge in [0.1, 0.15) is 0 Å². The monoisotopic (exact) mass is 228 g/mol. The lowest BCUT2D eigenvalue weighted by Gasteiger charge is -2.23. The summed E-state index contributed by atoms with van der Waals surface area (Å²) in [5.41, 5.74) is 5.40. The molecule has 82 valence electrons. The van der Waals surface area contributed by atoms with Gasteiger partial charge < -0.3 is 11.1 Å². The van der Waals surface area contributed by atoms with Crippen molar-refractivity contribution in [3.05, 3.63) is 12.0 Å². The van der Waals surface area contributed by atoms with Crippen LogP contribution < -0.4 is 11.1 Å². The molecule has 1 aliphatic heterocycles. The van der Waals surface area contributed by atoms with Gasteiger partial charge in [0.15, 0.2) is 11.6 Å². The lowest BCUT2D eigenvalue weighted by atomic mass is 10.2. The Morgan fingerprint density at radius 3 is 3.20 bits per heavy atom. The molecule has 1 aromatic rings. The van der Waals surface area contributed by atoms with Crippen LogP contribution in [0.2, 0.25) is 0 Å². The zero-order chi connectivity index (χ0) is 10.7. The van der Waals surface area contributed by atoms with Gasteiger partial charge in [0.25, 0.3) is 0 Å². The van der Waals surface area contributed by atoms with Crippen LogP contribution >= 0.6 is 11.8 Å². The summed E-state index contributed by atoms with van der Waals surface area (Å²) in [4.78, 5) is 7.42. The molecule has 6 heteroatoms. The second kappa shape index (κ2) is 4.65. The molecule has 2 rings (SSSR count). The van der Waals surface area contributed by atoms with E-state index in [1.807, 2.05) is 11.8 Å². The summed E-state index contributed by atoms with van der Waals surface area (Å²) >= 11 is 1.87. The van der Waals surface area contributed by atoms with E-state index >= 15 is 0 Å². The number of nitrogens with one attached hydrogen (secondary N) is 1. The molecule has 0 radical (unpaired) electrons. The number of thioether (sulfide) groups is 1. The highest BCUT2D eigenvalue weighted by Gasteiger charge is 2.16. The predicted molar refractivity (Wildman–Crippen MR) is 60.4 cm³/mol. The van der Waals surface area contributed by atoms with Crippen molar-refractivity contribution in [2.24, 2.45) is 0 Å². The third kappa shape index (κ3) is 2.71. The molecule has 1 saturated heterocycles. The third-order valence-corrected chi connectivity index (χ3v) is 3.48. The third-order valence-electron chi connectivity index (χ3n) is 2.26. The van der Waals surface area contributed by atoms with Crippen LogP contribution in [-0.4, -0.2) is 27.5 Å². The number of hydrogen-bond acceptors (Lipinski definition) is 5. The van der Waals surface area contributed by atoms with Gasteiger partial charge in [-0.2, -0.15) is 16.7 Å². The lowest BCUT2D eigenvalue weighted by molar-refractivity contribution is 0.607. The second-order valence-corrected chi connectivity index (χ2v) is 4.63. The fraction of sp³-hybridized carbons (Fsp3) is 0.556. The molecule has 15 heavy (non-hydrogen) atoms. The van der Waals surface area contributed by atoms with Crippen molar-refractivity contribution in [2.75, 3.05) is 22.6 Å². The van der Waals surface area contributed by atoms with Gasteiger partial charge in [0.05, 0.1) is 6.20 Å². The van der Waals surface area contributed by atoms with E-state index in [4.69, 9.17) is 5.73 Å². The van der Waals surface area contributed by atoms with Crippen molar-refractivity contribution < 1.29 is 4.39 Å². The van der Waals surface area contributed by atoms with E-state index in [1.165, 1.54) is 5.75 Å². The molecular weight excluding hydrogens is 215 g/mol. The quantitative estimate of drug-likeness (QED) is 0.803. The minimum absolute atomic E-state index is 0.0994. The Kier molecular flexibility index (Phi) is 3.25. The van der Waals surface area contributed by atoms with Gasteiger partial charge in [-0.3, -0.25) is 0 Å². The molecule has 4 nitrogen and oxygen atoms in total. The number of anilines is 2. The highest BCUT2D eigenvalue weighted by atomic mass is 32.2. The maximum Gasteiger partial charge on any atom is 0.222 e. The summed E-state index contributed by atoms with van der Waals surface area (Å²) in [6, 6.07) is 0.285. The first-order valence-electron chi connectivity index (χ1n) is 4.88. The molecule has 2 heterocycles. The average Bonchev–Trinajstić information content (AvgIpc) is 2.25. The van der Waals surface area contributed by atoms with Crippen molar-refractivity contribution in [3.8, 4) is 0 Å². The van der Waals surface area contributed by atoms with E-state index in [9.17, 15) is 4.39 Å². The normalized spacial score (nSPS) is 21.3. The van der Waals surface area contributed by atoms with Crippen LogP contribution in [0.1, 0.15) is 12.8 Å². The topological polar surface area (TPSA) is 63.8 Å². The summed E-state index contributed by atoms with van der Waals surface area (Å²) in [5.74, 6) is 2.05. The van der Waals surface area contributed by atoms with Crippen molar-refractivity contribution in [1.29, 1.82) is 0 Å². The number of nitrogen functional groups attached to an aromatic ring is 1. The van der Waals surface area contributed by atoms with Crippen LogP contribution in [0.5, 0.6) is 0 Å². The van der Waals surface area contributed by atoms with E-state index in [0.717, 1.165) is 24.8 Å². The molecule has 1 fully saturated rings. The number of aromatic nitrogens is 2. The van der Waals surface area contributed by atoms with E-state index in [-0.39, 0.29) is 17.8 Å². The first-order valence-corrected chi connectivity index (χ1v) is 6.03. The molecule has 1 atom stereocenters. The maximum absolute atomic E-state index is 13.3. The Balaban J connectivity index is 2.05. The lowest BCUT2D eigenvalue weighted by Crippen LogP contribution is -2.27. The number of rotatable bonds is 2. The number of hydrogen-bond donors (Lipinski definition) is 2. The van der Waals surface area contributed by atoms with E-state index in [0.29, 0.717) is 0 Å². The maximum atomic E-state index is 13.3. The number of nitrogens with zero attached hydrogens (tertiary/aromatic N) is 2. The molecule has 0 aliphatic carbocycles. The van der Waals surface area contributed by atoms with Crippen LogP contribution in [0.15, 0.2) is 6.20 Å². The van der Waals surface area contributed by atoms with Crippen molar-refractivity contribution >= 4 is 23.5 Å². The summed E-state index contributed by atoms with van der Waals surface area (Å²) in [5, 5.41) is 3.06. The Bertz CT molecular complexity index is 341. The minimum Gasteiger partial charge on any atom is -0.368 e. The first-order chi connectivity index (χ1) is 7.25. The molecule has 1 aromatic heterocycles. The van der Waals surface area contributed by atoms with Crippen LogP contribution in [0, 0.1) is 5.82 Å². The highest BCUT2D eigenvalue weighted by Crippen LogP contribution is 2.21. The first kappa shape index (κ1) is 10.5. The van der Waals surface area contributed by atoms with Gasteiger partial charge in [-0.05, 0) is 18.6 Å². The fourth-order valence-corrected chi connectivity index (χ4v) is 2.60. The van der Waals surface area contributed by atoms with Crippen molar-refractivity contribution in [1.82, 2.24) is 9.97 Å². The smallest absolute Gasteiger partial charge is 0.222 e. The number of halogens is 1. The largest absolute Gasteiger partial charge is 0.368 e.